The summed E-state index contributed by atoms with van der Waals surface area (Å²) in [5.74, 6) is -1.78. The van der Waals surface area contributed by atoms with Crippen molar-refractivity contribution >= 4 is 40.1 Å². The number of aliphatic carboxylic acids is 1. The molecular weight excluding hydrogens is 624 g/mol. The summed E-state index contributed by atoms with van der Waals surface area (Å²) >= 11 is 6.44. The van der Waals surface area contributed by atoms with Gasteiger partial charge in [0, 0.05) is 62.1 Å². The Morgan fingerprint density at radius 1 is 1.05 bits per heavy atom. The number of aromatic amines is 1. The first-order valence-electron chi connectivity index (χ1n) is 13.5. The van der Waals surface area contributed by atoms with Crippen LogP contribution in [-0.4, -0.2) is 108 Å². The molecule has 0 aliphatic carbocycles. The standard InChI is InChI=1S/C24H29ClF3N7O2.C2HF3O2/c1-16-18(13-17(25)14-19(16)37-10-2-3-33-8-11-36-12-9-33)34-4-6-35(7-5-34)23-20-21(24(26,27)28)31-32-22(20)29-15-30-23;3-2(4,5)1(6)7/h13-15H,2-12H2,1H3,(H,29,30,31,32);(H,6,7). The van der Waals surface area contributed by atoms with Crippen molar-refractivity contribution in [1.29, 1.82) is 0 Å². The Bertz CT molecular complexity index is 1420. The summed E-state index contributed by atoms with van der Waals surface area (Å²) in [6.07, 6.45) is -7.51. The van der Waals surface area contributed by atoms with Crippen molar-refractivity contribution < 1.29 is 45.7 Å². The van der Waals surface area contributed by atoms with Gasteiger partial charge >= 0.3 is 18.3 Å². The highest BCUT2D eigenvalue weighted by atomic mass is 35.5. The third-order valence-electron chi connectivity index (χ3n) is 7.05. The van der Waals surface area contributed by atoms with Crippen LogP contribution in [0.5, 0.6) is 5.75 Å². The fraction of sp³-hybridized carbons (Fsp3) is 0.538. The number of carbonyl (C=O) groups is 1. The number of H-pyrrole nitrogens is 1. The summed E-state index contributed by atoms with van der Waals surface area (Å²) in [5.41, 5.74) is 1.02. The maximum Gasteiger partial charge on any atom is 0.490 e. The Balaban J connectivity index is 0.000000566. The minimum Gasteiger partial charge on any atom is -0.493 e. The lowest BCUT2D eigenvalue weighted by molar-refractivity contribution is -0.192. The van der Waals surface area contributed by atoms with E-state index in [-0.39, 0.29) is 16.9 Å². The zero-order valence-corrected chi connectivity index (χ0v) is 24.3. The normalized spacial score (nSPS) is 16.5. The average Bonchev–Trinajstić information content (AvgIpc) is 3.43. The zero-order chi connectivity index (χ0) is 32.1. The third kappa shape index (κ3) is 8.32. The van der Waals surface area contributed by atoms with E-state index in [0.29, 0.717) is 37.8 Å². The molecule has 0 atom stereocenters. The van der Waals surface area contributed by atoms with Crippen LogP contribution >= 0.6 is 11.6 Å². The molecule has 3 aromatic rings. The van der Waals surface area contributed by atoms with Gasteiger partial charge in [-0.05, 0) is 25.5 Å². The van der Waals surface area contributed by atoms with Gasteiger partial charge in [-0.2, -0.15) is 31.4 Å². The van der Waals surface area contributed by atoms with Gasteiger partial charge in [0.1, 0.15) is 17.9 Å². The van der Waals surface area contributed by atoms with Gasteiger partial charge in [-0.1, -0.05) is 11.6 Å². The largest absolute Gasteiger partial charge is 0.493 e. The Kier molecular flexibility index (Phi) is 10.6. The van der Waals surface area contributed by atoms with Crippen molar-refractivity contribution in [2.24, 2.45) is 0 Å². The number of hydrogen-bond donors (Lipinski definition) is 2. The fourth-order valence-corrected chi connectivity index (χ4v) is 5.06. The molecule has 2 saturated heterocycles. The summed E-state index contributed by atoms with van der Waals surface area (Å²) in [7, 11) is 0. The number of fused-ring (bicyclic) bond motifs is 1. The highest BCUT2D eigenvalue weighted by Gasteiger charge is 2.39. The molecule has 18 heteroatoms. The van der Waals surface area contributed by atoms with E-state index in [1.807, 2.05) is 24.0 Å². The predicted octanol–water partition coefficient (Wildman–Crippen LogP) is 4.39. The number of piperazine rings is 1. The van der Waals surface area contributed by atoms with Crippen LogP contribution in [0.25, 0.3) is 11.0 Å². The van der Waals surface area contributed by atoms with Gasteiger partial charge in [0.25, 0.3) is 0 Å². The van der Waals surface area contributed by atoms with Crippen LogP contribution in [0.1, 0.15) is 17.7 Å². The number of alkyl halides is 6. The van der Waals surface area contributed by atoms with E-state index in [1.54, 1.807) is 0 Å². The van der Waals surface area contributed by atoms with E-state index >= 15 is 0 Å². The lowest BCUT2D eigenvalue weighted by Crippen LogP contribution is -2.47. The number of anilines is 2. The molecule has 11 nitrogen and oxygen atoms in total. The molecule has 4 heterocycles. The predicted molar refractivity (Wildman–Crippen MR) is 148 cm³/mol. The Morgan fingerprint density at radius 3 is 2.30 bits per heavy atom. The Hall–Kier alpha value is -3.57. The number of carboxylic acid groups (broad SMARTS) is 1. The van der Waals surface area contributed by atoms with Crippen LogP contribution in [0, 0.1) is 6.92 Å². The number of nitrogens with one attached hydrogen (secondary N) is 1. The second-order valence-electron chi connectivity index (χ2n) is 9.97. The van der Waals surface area contributed by atoms with Crippen molar-refractivity contribution in [1.82, 2.24) is 25.1 Å². The van der Waals surface area contributed by atoms with Crippen molar-refractivity contribution in [3.63, 3.8) is 0 Å². The SMILES string of the molecule is Cc1c(OCCCN2CCOCC2)cc(Cl)cc1N1CCN(c2ncnc3n[nH]c(C(F)(F)F)c23)CC1.O=C(O)C(F)(F)F. The number of rotatable bonds is 7. The first-order chi connectivity index (χ1) is 20.8. The first-order valence-corrected chi connectivity index (χ1v) is 13.9. The molecule has 242 valence electrons. The molecule has 44 heavy (non-hydrogen) atoms. The second kappa shape index (κ2) is 14.0. The van der Waals surface area contributed by atoms with Gasteiger partial charge in [0.2, 0.25) is 0 Å². The lowest BCUT2D eigenvalue weighted by atomic mass is 10.1. The Morgan fingerprint density at radius 2 is 1.68 bits per heavy atom. The van der Waals surface area contributed by atoms with Gasteiger partial charge in [0.15, 0.2) is 11.3 Å². The number of halogens is 7. The van der Waals surface area contributed by atoms with E-state index in [9.17, 15) is 26.3 Å². The molecule has 1 aromatic carbocycles. The van der Waals surface area contributed by atoms with Crippen molar-refractivity contribution in [2.75, 3.05) is 75.4 Å². The van der Waals surface area contributed by atoms with E-state index in [0.717, 1.165) is 56.3 Å². The molecule has 0 saturated carbocycles. The number of hydrogen-bond acceptors (Lipinski definition) is 9. The van der Waals surface area contributed by atoms with Crippen LogP contribution in [0.2, 0.25) is 5.02 Å². The molecule has 0 radical (unpaired) electrons. The van der Waals surface area contributed by atoms with Gasteiger partial charge in [-0.25, -0.2) is 14.8 Å². The second-order valence-corrected chi connectivity index (χ2v) is 10.4. The molecule has 2 fully saturated rings. The molecule has 0 bridgehead atoms. The number of morpholine rings is 1. The topological polar surface area (TPSA) is 120 Å². The van der Waals surface area contributed by atoms with Crippen LogP contribution in [0.15, 0.2) is 18.5 Å². The molecule has 0 amide bonds. The fourth-order valence-electron chi connectivity index (χ4n) is 4.86. The molecule has 2 aromatic heterocycles. The number of nitrogens with zero attached hydrogens (tertiary/aromatic N) is 6. The molecule has 0 unspecified atom stereocenters. The maximum absolute atomic E-state index is 13.5. The first kappa shape index (κ1) is 33.3. The van der Waals surface area contributed by atoms with Crippen molar-refractivity contribution in [2.45, 2.75) is 25.7 Å². The van der Waals surface area contributed by atoms with E-state index in [1.165, 1.54) is 6.33 Å². The molecule has 2 aliphatic heterocycles. The minimum absolute atomic E-state index is 0.000788. The van der Waals surface area contributed by atoms with E-state index in [2.05, 4.69) is 30.0 Å². The van der Waals surface area contributed by atoms with Crippen molar-refractivity contribution in [3.8, 4) is 5.75 Å². The quantitative estimate of drug-likeness (QED) is 0.281. The molecule has 2 N–H and O–H groups in total. The molecule has 5 rings (SSSR count). The minimum atomic E-state index is -5.08. The number of aromatic nitrogens is 4. The van der Waals surface area contributed by atoms with Crippen LogP contribution in [-0.2, 0) is 15.7 Å². The van der Waals surface area contributed by atoms with Gasteiger partial charge < -0.3 is 24.4 Å². The van der Waals surface area contributed by atoms with Crippen molar-refractivity contribution in [3.05, 3.63) is 34.7 Å². The Labute approximate surface area is 252 Å². The molecular formula is C26H30ClF6N7O4. The number of carboxylic acids is 1. The smallest absolute Gasteiger partial charge is 0.490 e. The zero-order valence-electron chi connectivity index (χ0n) is 23.5. The monoisotopic (exact) mass is 653 g/mol. The number of benzene rings is 1. The molecule has 2 aliphatic rings. The highest BCUT2D eigenvalue weighted by molar-refractivity contribution is 6.31. The van der Waals surface area contributed by atoms with Gasteiger partial charge in [-0.3, -0.25) is 10.00 Å². The average molecular weight is 654 g/mol. The van der Waals surface area contributed by atoms with Crippen LogP contribution < -0.4 is 14.5 Å². The number of ether oxygens (including phenoxy) is 2. The van der Waals surface area contributed by atoms with Gasteiger partial charge in [-0.15, -0.1) is 0 Å². The highest BCUT2D eigenvalue weighted by Crippen LogP contribution is 2.37. The summed E-state index contributed by atoms with van der Waals surface area (Å²) in [5, 5.41) is 13.4. The maximum atomic E-state index is 13.5. The summed E-state index contributed by atoms with van der Waals surface area (Å²) in [6.45, 7) is 9.14. The molecule has 0 spiro atoms. The van der Waals surface area contributed by atoms with E-state index < -0.39 is 24.0 Å². The third-order valence-corrected chi connectivity index (χ3v) is 7.27. The van der Waals surface area contributed by atoms with Gasteiger partial charge in [0.05, 0.1) is 25.2 Å². The summed E-state index contributed by atoms with van der Waals surface area (Å²) in [6, 6.07) is 3.74. The summed E-state index contributed by atoms with van der Waals surface area (Å²) < 4.78 is 83.8. The van der Waals surface area contributed by atoms with E-state index in [4.69, 9.17) is 31.0 Å². The van der Waals surface area contributed by atoms with Crippen LogP contribution in [0.4, 0.5) is 37.8 Å². The van der Waals surface area contributed by atoms with Crippen LogP contribution in [0.3, 0.4) is 0 Å². The summed E-state index contributed by atoms with van der Waals surface area (Å²) in [4.78, 5) is 23.4. The lowest BCUT2D eigenvalue weighted by Gasteiger charge is -2.37.